The molecule has 1 aliphatic heterocycles. The highest BCUT2D eigenvalue weighted by Gasteiger charge is 2.22. The van der Waals surface area contributed by atoms with Gasteiger partial charge in [-0.3, -0.25) is 0 Å². The highest BCUT2D eigenvalue weighted by Crippen LogP contribution is 2.21. The molecule has 2 heterocycles. The van der Waals surface area contributed by atoms with E-state index in [4.69, 9.17) is 9.15 Å². The number of piperidine rings is 1. The Balaban J connectivity index is 2.00. The Labute approximate surface area is 99.9 Å². The fourth-order valence-electron chi connectivity index (χ4n) is 1.82. The number of ether oxygens (including phenoxy) is 1. The lowest BCUT2D eigenvalue weighted by atomic mass is 10.00. The zero-order valence-corrected chi connectivity index (χ0v) is 10.2. The number of hydrogen-bond donors (Lipinski definition) is 0. The molecule has 17 heavy (non-hydrogen) atoms. The predicted molar refractivity (Wildman–Crippen MR) is 60.9 cm³/mol. The fourth-order valence-corrected chi connectivity index (χ4v) is 1.82. The average Bonchev–Trinajstić information content (AvgIpc) is 2.80. The first-order chi connectivity index (χ1) is 8.20. The molecule has 0 unspecified atom stereocenters. The molecule has 0 amide bonds. The monoisotopic (exact) mass is 239 g/mol. The Morgan fingerprint density at radius 2 is 2.18 bits per heavy atom. The van der Waals surface area contributed by atoms with E-state index in [2.05, 4.69) is 17.1 Å². The van der Waals surface area contributed by atoms with Gasteiger partial charge < -0.3 is 14.1 Å². The molecule has 1 fully saturated rings. The number of nitrogens with zero attached hydrogens (tertiary/aromatic N) is 3. The van der Waals surface area contributed by atoms with Gasteiger partial charge in [0.2, 0.25) is 0 Å². The number of esters is 1. The molecule has 0 aromatic carbocycles. The third kappa shape index (κ3) is 2.75. The summed E-state index contributed by atoms with van der Waals surface area (Å²) in [5.74, 6) is 0.107. The second-order valence-corrected chi connectivity index (χ2v) is 4.28. The van der Waals surface area contributed by atoms with E-state index in [0.717, 1.165) is 31.8 Å². The minimum Gasteiger partial charge on any atom is -0.459 e. The first-order valence-electron chi connectivity index (χ1n) is 5.96. The lowest BCUT2D eigenvalue weighted by Crippen LogP contribution is -2.32. The first kappa shape index (κ1) is 11.9. The van der Waals surface area contributed by atoms with Gasteiger partial charge in [0, 0.05) is 13.1 Å². The van der Waals surface area contributed by atoms with Gasteiger partial charge in [-0.25, -0.2) is 4.79 Å². The number of aromatic nitrogens is 2. The van der Waals surface area contributed by atoms with Crippen LogP contribution < -0.4 is 4.90 Å². The highest BCUT2D eigenvalue weighted by molar-refractivity contribution is 5.84. The summed E-state index contributed by atoms with van der Waals surface area (Å²) >= 11 is 0. The molecule has 6 heteroatoms. The number of anilines is 1. The Kier molecular flexibility index (Phi) is 3.61. The second-order valence-electron chi connectivity index (χ2n) is 4.28. The summed E-state index contributed by atoms with van der Waals surface area (Å²) in [7, 11) is 0. The molecule has 1 aliphatic rings. The summed E-state index contributed by atoms with van der Waals surface area (Å²) in [6.45, 7) is 6.06. The van der Waals surface area contributed by atoms with E-state index in [0.29, 0.717) is 12.6 Å². The molecule has 1 aromatic heterocycles. The normalized spacial score (nSPS) is 17.2. The van der Waals surface area contributed by atoms with Gasteiger partial charge in [0.25, 0.3) is 0 Å². The van der Waals surface area contributed by atoms with E-state index in [1.165, 1.54) is 0 Å². The predicted octanol–water partition coefficient (Wildman–Crippen LogP) is 1.48. The summed E-state index contributed by atoms with van der Waals surface area (Å²) in [5, 5.41) is 7.57. The van der Waals surface area contributed by atoms with E-state index in [1.807, 2.05) is 4.90 Å². The third-order valence-corrected chi connectivity index (χ3v) is 2.92. The number of rotatable bonds is 3. The maximum Gasteiger partial charge on any atom is 0.396 e. The van der Waals surface area contributed by atoms with Gasteiger partial charge in [0.15, 0.2) is 0 Å². The van der Waals surface area contributed by atoms with Gasteiger partial charge in [-0.1, -0.05) is 17.1 Å². The molecule has 1 saturated heterocycles. The highest BCUT2D eigenvalue weighted by atomic mass is 16.5. The van der Waals surface area contributed by atoms with Gasteiger partial charge in [0.1, 0.15) is 0 Å². The zero-order chi connectivity index (χ0) is 12.3. The van der Waals surface area contributed by atoms with Crippen molar-refractivity contribution in [3.63, 3.8) is 0 Å². The van der Waals surface area contributed by atoms with Crippen LogP contribution in [0.2, 0.25) is 0 Å². The van der Waals surface area contributed by atoms with Crippen LogP contribution >= 0.6 is 0 Å². The van der Waals surface area contributed by atoms with Crippen LogP contribution in [0.25, 0.3) is 0 Å². The van der Waals surface area contributed by atoms with E-state index >= 15 is 0 Å². The Morgan fingerprint density at radius 3 is 2.82 bits per heavy atom. The van der Waals surface area contributed by atoms with Crippen molar-refractivity contribution in [1.29, 1.82) is 0 Å². The van der Waals surface area contributed by atoms with Crippen molar-refractivity contribution in [1.82, 2.24) is 10.2 Å². The minimum atomic E-state index is -0.559. The molecule has 0 spiro atoms. The van der Waals surface area contributed by atoms with Gasteiger partial charge in [-0.15, -0.1) is 0 Å². The molecule has 0 aliphatic carbocycles. The molecular weight excluding hydrogens is 222 g/mol. The van der Waals surface area contributed by atoms with Crippen molar-refractivity contribution >= 4 is 12.0 Å². The van der Waals surface area contributed by atoms with E-state index in [1.54, 1.807) is 6.92 Å². The van der Waals surface area contributed by atoms with Crippen LogP contribution in [0.3, 0.4) is 0 Å². The molecular formula is C11H17N3O3. The number of hydrogen-bond acceptors (Lipinski definition) is 6. The Bertz CT molecular complexity index is 383. The quantitative estimate of drug-likeness (QED) is 0.744. The van der Waals surface area contributed by atoms with Crippen LogP contribution in [0.5, 0.6) is 0 Å². The smallest absolute Gasteiger partial charge is 0.396 e. The topological polar surface area (TPSA) is 68.5 Å². The lowest BCUT2D eigenvalue weighted by molar-refractivity contribution is 0.0481. The van der Waals surface area contributed by atoms with Crippen molar-refractivity contribution in [2.75, 3.05) is 24.6 Å². The summed E-state index contributed by atoms with van der Waals surface area (Å²) < 4.78 is 10.1. The molecule has 2 rings (SSSR count). The van der Waals surface area contributed by atoms with Crippen LogP contribution in [0.4, 0.5) is 6.01 Å². The molecule has 1 aromatic rings. The lowest BCUT2D eigenvalue weighted by Gasteiger charge is -2.28. The summed E-state index contributed by atoms with van der Waals surface area (Å²) in [6, 6.07) is 0.417. The molecule has 6 nitrogen and oxygen atoms in total. The number of carbonyl (C=O) groups excluding carboxylic acids is 1. The SMILES string of the molecule is CCOC(=O)c1nnc(N2CCC(C)CC2)o1. The van der Waals surface area contributed by atoms with E-state index < -0.39 is 5.97 Å². The van der Waals surface area contributed by atoms with E-state index in [9.17, 15) is 4.79 Å². The maximum absolute atomic E-state index is 11.4. The van der Waals surface area contributed by atoms with Crippen LogP contribution in [0.1, 0.15) is 37.4 Å². The molecule has 94 valence electrons. The van der Waals surface area contributed by atoms with Gasteiger partial charge in [-0.05, 0) is 25.7 Å². The molecule has 0 bridgehead atoms. The van der Waals surface area contributed by atoms with Crippen molar-refractivity contribution in [2.24, 2.45) is 5.92 Å². The summed E-state index contributed by atoms with van der Waals surface area (Å²) in [6.07, 6.45) is 2.22. The van der Waals surface area contributed by atoms with Crippen molar-refractivity contribution in [2.45, 2.75) is 26.7 Å². The van der Waals surface area contributed by atoms with Crippen LogP contribution in [-0.4, -0.2) is 35.9 Å². The molecule has 0 N–H and O–H groups in total. The zero-order valence-electron chi connectivity index (χ0n) is 10.2. The fraction of sp³-hybridized carbons (Fsp3) is 0.727. The summed E-state index contributed by atoms with van der Waals surface area (Å²) in [5.41, 5.74) is 0. The van der Waals surface area contributed by atoms with Gasteiger partial charge >= 0.3 is 17.9 Å². The minimum absolute atomic E-state index is 0.0690. The van der Waals surface area contributed by atoms with Crippen molar-refractivity contribution < 1.29 is 13.9 Å². The first-order valence-corrected chi connectivity index (χ1v) is 5.96. The Morgan fingerprint density at radius 1 is 1.47 bits per heavy atom. The standard InChI is InChI=1S/C11H17N3O3/c1-3-16-10(15)9-12-13-11(17-9)14-6-4-8(2)5-7-14/h8H,3-7H2,1-2H3. The second kappa shape index (κ2) is 5.16. The largest absolute Gasteiger partial charge is 0.459 e. The van der Waals surface area contributed by atoms with Crippen LogP contribution in [0, 0.1) is 5.92 Å². The molecule has 0 radical (unpaired) electrons. The van der Waals surface area contributed by atoms with E-state index in [-0.39, 0.29) is 5.89 Å². The van der Waals surface area contributed by atoms with Crippen molar-refractivity contribution in [3.8, 4) is 0 Å². The summed E-state index contributed by atoms with van der Waals surface area (Å²) in [4.78, 5) is 13.4. The molecule has 0 atom stereocenters. The van der Waals surface area contributed by atoms with Gasteiger partial charge in [0.05, 0.1) is 6.61 Å². The van der Waals surface area contributed by atoms with Crippen LogP contribution in [0.15, 0.2) is 4.42 Å². The number of carbonyl (C=O) groups is 1. The maximum atomic E-state index is 11.4. The Hall–Kier alpha value is -1.59. The van der Waals surface area contributed by atoms with Crippen LogP contribution in [-0.2, 0) is 4.74 Å². The third-order valence-electron chi connectivity index (χ3n) is 2.92. The van der Waals surface area contributed by atoms with Gasteiger partial charge in [-0.2, -0.15) is 0 Å². The van der Waals surface area contributed by atoms with Crippen molar-refractivity contribution in [3.05, 3.63) is 5.89 Å². The molecule has 0 saturated carbocycles. The average molecular weight is 239 g/mol.